The third-order valence-electron chi connectivity index (χ3n) is 0. The van der Waals surface area contributed by atoms with Gasteiger partial charge in [0.1, 0.15) is 0 Å². The van der Waals surface area contributed by atoms with Crippen LogP contribution in [-0.2, 0) is 15.9 Å². The zero-order valence-electron chi connectivity index (χ0n) is 3.78. The molecule has 0 radical (unpaired) electrons. The first-order valence-corrected chi connectivity index (χ1v) is 5.66. The second kappa shape index (κ2) is 16.3. The molecule has 6 heavy (non-hydrogen) atoms. The molecule has 0 aliphatic rings. The van der Waals surface area contributed by atoms with Crippen LogP contribution in [0.4, 0.5) is 0 Å². The van der Waals surface area contributed by atoms with Crippen molar-refractivity contribution >= 4 is 19.1 Å². The summed E-state index contributed by atoms with van der Waals surface area (Å²) in [6, 6.07) is 0. The average Bonchev–Trinajstić information content (AvgIpc) is 1.39. The minimum atomic E-state index is -0.106. The summed E-state index contributed by atoms with van der Waals surface area (Å²) in [4.78, 5) is 0. The molecule has 0 aliphatic heterocycles. The Labute approximate surface area is 55.3 Å². The van der Waals surface area contributed by atoms with Gasteiger partial charge in [0.2, 0.25) is 0 Å². The summed E-state index contributed by atoms with van der Waals surface area (Å²) in [6.07, 6.45) is 1.25. The molecule has 0 unspecified atom stereocenters. The molecule has 0 aromatic rings. The molecular formula is C3H8Cl2Pd. The van der Waals surface area contributed by atoms with E-state index in [0.29, 0.717) is 0 Å². The van der Waals surface area contributed by atoms with E-state index in [-0.39, 0.29) is 15.9 Å². The van der Waals surface area contributed by atoms with Gasteiger partial charge in [-0.25, -0.2) is 0 Å². The Balaban J connectivity index is 0. The van der Waals surface area contributed by atoms with Crippen molar-refractivity contribution in [3.63, 3.8) is 0 Å². The zero-order chi connectivity index (χ0) is 5.41. The van der Waals surface area contributed by atoms with E-state index >= 15 is 0 Å². The molecule has 44 valence electrons. The quantitative estimate of drug-likeness (QED) is 0.552. The summed E-state index contributed by atoms with van der Waals surface area (Å²) in [5, 5.41) is 0. The standard InChI is InChI=1S/C3H8.2ClH.Pd/c1-3-2;;;/h3H2,1-2H3;2*1H;/q;;;+2/p-2. The summed E-state index contributed by atoms with van der Waals surface area (Å²) in [5.74, 6) is 0. The van der Waals surface area contributed by atoms with Gasteiger partial charge in [0.15, 0.2) is 0 Å². The predicted molar refractivity (Wildman–Crippen MR) is 27.7 cm³/mol. The van der Waals surface area contributed by atoms with Crippen molar-refractivity contribution in [1.29, 1.82) is 0 Å². The van der Waals surface area contributed by atoms with Crippen LogP contribution in [0.15, 0.2) is 0 Å². The Hall–Kier alpha value is 1.24. The molecule has 0 saturated carbocycles. The molecule has 3 heteroatoms. The molecule has 0 nitrogen and oxygen atoms in total. The van der Waals surface area contributed by atoms with Crippen LogP contribution in [0.5, 0.6) is 0 Å². The van der Waals surface area contributed by atoms with Crippen molar-refractivity contribution in [2.24, 2.45) is 0 Å². The Bertz CT molecular complexity index is 10.8. The normalized spacial score (nSPS) is 6.67. The molecule has 0 aromatic heterocycles. The number of hydrogen-bond donors (Lipinski definition) is 0. The van der Waals surface area contributed by atoms with Crippen LogP contribution in [0.25, 0.3) is 0 Å². The Kier molecular flexibility index (Phi) is 27.9. The van der Waals surface area contributed by atoms with Crippen LogP contribution in [0.1, 0.15) is 20.3 Å². The number of halogens is 2. The Morgan fingerprint density at radius 1 is 1.33 bits per heavy atom. The van der Waals surface area contributed by atoms with Crippen LogP contribution in [0.3, 0.4) is 0 Å². The molecule has 0 heterocycles. The van der Waals surface area contributed by atoms with E-state index in [1.54, 1.807) is 0 Å². The first kappa shape index (κ1) is 10.3. The van der Waals surface area contributed by atoms with Gasteiger partial charge in [-0.05, 0) is 0 Å². The predicted octanol–water partition coefficient (Wildman–Crippen LogP) is 2.79. The van der Waals surface area contributed by atoms with Crippen molar-refractivity contribution in [3.05, 3.63) is 0 Å². The van der Waals surface area contributed by atoms with E-state index in [1.165, 1.54) is 6.42 Å². The van der Waals surface area contributed by atoms with Crippen molar-refractivity contribution in [1.82, 2.24) is 0 Å². The van der Waals surface area contributed by atoms with Crippen molar-refractivity contribution in [2.45, 2.75) is 20.3 Å². The van der Waals surface area contributed by atoms with E-state index in [4.69, 9.17) is 19.1 Å². The molecule has 0 atom stereocenters. The first-order chi connectivity index (χ1) is 2.83. The van der Waals surface area contributed by atoms with Gasteiger partial charge in [0.25, 0.3) is 0 Å². The topological polar surface area (TPSA) is 0 Å². The second-order valence-electron chi connectivity index (χ2n) is 0.752. The molecule has 0 bridgehead atoms. The van der Waals surface area contributed by atoms with Gasteiger partial charge in [-0.15, -0.1) is 0 Å². The van der Waals surface area contributed by atoms with Crippen LogP contribution < -0.4 is 0 Å². The third kappa shape index (κ3) is 61.1. The number of hydrogen-bond acceptors (Lipinski definition) is 0. The summed E-state index contributed by atoms with van der Waals surface area (Å²) < 4.78 is 0. The maximum atomic E-state index is 4.81. The summed E-state index contributed by atoms with van der Waals surface area (Å²) in [7, 11) is 9.63. The van der Waals surface area contributed by atoms with Crippen molar-refractivity contribution in [3.8, 4) is 0 Å². The van der Waals surface area contributed by atoms with Crippen LogP contribution in [0, 0.1) is 0 Å². The average molecular weight is 221 g/mol. The van der Waals surface area contributed by atoms with Gasteiger partial charge in [-0.2, -0.15) is 0 Å². The molecule has 0 N–H and O–H groups in total. The second-order valence-corrected chi connectivity index (χ2v) is 3.11. The minimum absolute atomic E-state index is 0.106. The first-order valence-electron chi connectivity index (χ1n) is 1.65. The maximum absolute atomic E-state index is 4.81. The third-order valence-corrected chi connectivity index (χ3v) is 0. The molecule has 0 amide bonds. The Morgan fingerprint density at radius 3 is 1.33 bits per heavy atom. The molecule has 0 fully saturated rings. The summed E-state index contributed by atoms with van der Waals surface area (Å²) in [5.41, 5.74) is 0. The molecule has 0 rings (SSSR count). The SMILES string of the molecule is CCC.[Cl][Pd][Cl]. The van der Waals surface area contributed by atoms with Crippen LogP contribution in [0.2, 0.25) is 0 Å². The van der Waals surface area contributed by atoms with Gasteiger partial charge in [-0.1, -0.05) is 20.3 Å². The van der Waals surface area contributed by atoms with Gasteiger partial charge in [0, 0.05) is 0 Å². The van der Waals surface area contributed by atoms with Crippen LogP contribution >= 0.6 is 19.1 Å². The van der Waals surface area contributed by atoms with Gasteiger partial charge >= 0.3 is 35.0 Å². The van der Waals surface area contributed by atoms with Gasteiger partial charge in [0.05, 0.1) is 0 Å². The van der Waals surface area contributed by atoms with E-state index < -0.39 is 0 Å². The monoisotopic (exact) mass is 220 g/mol. The van der Waals surface area contributed by atoms with E-state index in [1.807, 2.05) is 0 Å². The van der Waals surface area contributed by atoms with Crippen molar-refractivity contribution < 1.29 is 15.9 Å². The summed E-state index contributed by atoms with van der Waals surface area (Å²) in [6.45, 7) is 4.25. The molecule has 0 aromatic carbocycles. The fourth-order valence-electron chi connectivity index (χ4n) is 0. The zero-order valence-corrected chi connectivity index (χ0v) is 6.85. The van der Waals surface area contributed by atoms with Crippen molar-refractivity contribution in [2.75, 3.05) is 0 Å². The van der Waals surface area contributed by atoms with E-state index in [9.17, 15) is 0 Å². The van der Waals surface area contributed by atoms with Gasteiger partial charge < -0.3 is 0 Å². The Morgan fingerprint density at radius 2 is 1.33 bits per heavy atom. The van der Waals surface area contributed by atoms with Crippen LogP contribution in [-0.4, -0.2) is 0 Å². The molecular weight excluding hydrogens is 213 g/mol. The molecule has 0 aliphatic carbocycles. The molecule has 0 saturated heterocycles. The van der Waals surface area contributed by atoms with E-state index in [0.717, 1.165) is 0 Å². The van der Waals surface area contributed by atoms with E-state index in [2.05, 4.69) is 13.8 Å². The summed E-state index contributed by atoms with van der Waals surface area (Å²) >= 11 is -0.106. The fraction of sp³-hybridized carbons (Fsp3) is 1.00. The number of rotatable bonds is 0. The molecule has 0 spiro atoms. The fourth-order valence-corrected chi connectivity index (χ4v) is 0. The van der Waals surface area contributed by atoms with Gasteiger partial charge in [-0.3, -0.25) is 0 Å².